The third-order valence-corrected chi connectivity index (χ3v) is 12.2. The first kappa shape index (κ1) is 40.5. The molecule has 2 saturated heterocycles. The van der Waals surface area contributed by atoms with Crippen LogP contribution in [0.25, 0.3) is 33.4 Å². The molecule has 5 atom stereocenters. The molecule has 6 heterocycles. The van der Waals surface area contributed by atoms with Crippen LogP contribution in [-0.4, -0.2) is 99.9 Å². The van der Waals surface area contributed by atoms with Gasteiger partial charge in [0.25, 0.3) is 5.91 Å². The highest BCUT2D eigenvalue weighted by atomic mass is 32.1. The van der Waals surface area contributed by atoms with Gasteiger partial charge in [0.15, 0.2) is 0 Å². The van der Waals surface area contributed by atoms with Gasteiger partial charge in [0.2, 0.25) is 11.8 Å². The Morgan fingerprint density at radius 2 is 1.98 bits per heavy atom. The van der Waals surface area contributed by atoms with E-state index in [-0.39, 0.29) is 31.5 Å². The first-order valence-corrected chi connectivity index (χ1v) is 20.7. The average molecular weight is 800 g/mol. The molecule has 6 bridgehead atoms. The molecule has 15 heteroatoms. The first-order valence-electron chi connectivity index (χ1n) is 19.9. The Hall–Kier alpha value is -4.70. The number of pyridine rings is 1. The number of aromatic nitrogens is 3. The van der Waals surface area contributed by atoms with Crippen molar-refractivity contribution in [2.45, 2.75) is 110 Å². The van der Waals surface area contributed by atoms with Gasteiger partial charge in [0.05, 0.1) is 41.2 Å². The first-order chi connectivity index (χ1) is 27.3. The van der Waals surface area contributed by atoms with Crippen molar-refractivity contribution in [3.8, 4) is 22.5 Å². The van der Waals surface area contributed by atoms with Crippen LogP contribution in [0.15, 0.2) is 41.9 Å². The van der Waals surface area contributed by atoms with E-state index in [1.165, 1.54) is 21.2 Å². The Morgan fingerprint density at radius 1 is 1.18 bits per heavy atom. The smallest absolute Gasteiger partial charge is 0.324 e. The molecule has 0 unspecified atom stereocenters. The molecule has 3 aliphatic rings. The van der Waals surface area contributed by atoms with Crippen LogP contribution in [-0.2, 0) is 52.8 Å². The fraction of sp³-hybridized carbons (Fsp3) is 0.524. The summed E-state index contributed by atoms with van der Waals surface area (Å²) in [6, 6.07) is 8.60. The highest BCUT2D eigenvalue weighted by Crippen LogP contribution is 2.42. The van der Waals surface area contributed by atoms with Crippen LogP contribution < -0.4 is 10.7 Å². The van der Waals surface area contributed by atoms with Crippen molar-refractivity contribution >= 4 is 45.9 Å². The Morgan fingerprint density at radius 3 is 2.74 bits per heavy atom. The van der Waals surface area contributed by atoms with Crippen molar-refractivity contribution in [3.05, 3.63) is 58.2 Å². The van der Waals surface area contributed by atoms with Gasteiger partial charge in [-0.25, -0.2) is 10.4 Å². The standard InChI is InChI=1S/C42H53N7O7S/c1-8-36-47(6)35(50)20-33(56-36)39(51)45-30-19-34-44-31(22-57-34)25-14-15-32-27(18-25)28(38(48(32)9-2)26-12-10-16-43-37(26)24(3)54-7)21-42(4,5)23-55-41(53)29-13-11-17-49(46-29)40(30)52/h10,12,14-16,18,22,24,29-30,33,36,46H,8-9,11,13,17,19-21,23H2,1-7H3,(H,45,51)/t24-,29-,30-,33+,36+/m0/s1. The lowest BCUT2D eigenvalue weighted by atomic mass is 9.84. The van der Waals surface area contributed by atoms with E-state index in [1.54, 1.807) is 20.4 Å². The molecule has 3 aromatic heterocycles. The van der Waals surface area contributed by atoms with Gasteiger partial charge >= 0.3 is 5.97 Å². The molecule has 57 heavy (non-hydrogen) atoms. The maximum atomic E-state index is 14.3. The molecule has 0 saturated carbocycles. The Labute approximate surface area is 337 Å². The number of hydrazine groups is 1. The molecule has 0 aliphatic carbocycles. The van der Waals surface area contributed by atoms with Gasteiger partial charge in [-0.3, -0.25) is 29.2 Å². The Kier molecular flexibility index (Phi) is 11.8. The van der Waals surface area contributed by atoms with Crippen molar-refractivity contribution in [1.82, 2.24) is 35.2 Å². The van der Waals surface area contributed by atoms with Crippen molar-refractivity contribution in [1.29, 1.82) is 0 Å². The summed E-state index contributed by atoms with van der Waals surface area (Å²) < 4.78 is 20.2. The summed E-state index contributed by atoms with van der Waals surface area (Å²) in [7, 11) is 3.34. The van der Waals surface area contributed by atoms with Crippen molar-refractivity contribution in [2.75, 3.05) is 27.3 Å². The normalized spacial score (nSPS) is 23.6. The summed E-state index contributed by atoms with van der Waals surface area (Å²) in [4.78, 5) is 65.8. The van der Waals surface area contributed by atoms with E-state index in [4.69, 9.17) is 24.2 Å². The number of carbonyl (C=O) groups excluding carboxylic acids is 4. The van der Waals surface area contributed by atoms with Crippen LogP contribution in [0, 0.1) is 5.41 Å². The van der Waals surface area contributed by atoms with Crippen molar-refractivity contribution in [2.24, 2.45) is 5.41 Å². The highest BCUT2D eigenvalue weighted by Gasteiger charge is 2.39. The number of nitrogens with one attached hydrogen (secondary N) is 2. The van der Waals surface area contributed by atoms with Crippen molar-refractivity contribution < 1.29 is 33.4 Å². The average Bonchev–Trinajstić information content (AvgIpc) is 3.81. The minimum absolute atomic E-state index is 0.0970. The monoisotopic (exact) mass is 799 g/mol. The number of aryl methyl sites for hydroxylation is 1. The molecule has 7 rings (SSSR count). The summed E-state index contributed by atoms with van der Waals surface area (Å²) in [6.07, 6.45) is 2.06. The summed E-state index contributed by atoms with van der Waals surface area (Å²) in [5.41, 5.74) is 9.31. The summed E-state index contributed by atoms with van der Waals surface area (Å²) in [5.74, 6) is -1.61. The number of esters is 1. The summed E-state index contributed by atoms with van der Waals surface area (Å²) >= 11 is 1.41. The second-order valence-corrected chi connectivity index (χ2v) is 16.9. The topological polar surface area (TPSA) is 157 Å². The number of hydrogen-bond acceptors (Lipinski definition) is 11. The molecule has 2 N–H and O–H groups in total. The van der Waals surface area contributed by atoms with E-state index in [1.807, 2.05) is 25.3 Å². The minimum Gasteiger partial charge on any atom is -0.464 e. The molecular formula is C42H53N7O7S. The van der Waals surface area contributed by atoms with E-state index in [0.29, 0.717) is 43.8 Å². The lowest BCUT2D eigenvalue weighted by Gasteiger charge is -2.37. The largest absolute Gasteiger partial charge is 0.464 e. The van der Waals surface area contributed by atoms with Crippen LogP contribution in [0.5, 0.6) is 0 Å². The predicted octanol–water partition coefficient (Wildman–Crippen LogP) is 5.19. The minimum atomic E-state index is -1.05. The number of ether oxygens (including phenoxy) is 3. The lowest BCUT2D eigenvalue weighted by Crippen LogP contribution is -2.61. The summed E-state index contributed by atoms with van der Waals surface area (Å²) in [5, 5.41) is 7.98. The van der Waals surface area contributed by atoms with E-state index in [9.17, 15) is 19.2 Å². The predicted molar refractivity (Wildman–Crippen MR) is 216 cm³/mol. The second-order valence-electron chi connectivity index (χ2n) is 16.0. The highest BCUT2D eigenvalue weighted by molar-refractivity contribution is 7.10. The van der Waals surface area contributed by atoms with Gasteiger partial charge < -0.3 is 29.0 Å². The number of thiazole rings is 1. The number of cyclic esters (lactones) is 1. The number of carbonyl (C=O) groups is 4. The van der Waals surface area contributed by atoms with E-state index >= 15 is 0 Å². The molecule has 0 spiro atoms. The molecule has 3 amide bonds. The van der Waals surface area contributed by atoms with Gasteiger partial charge in [-0.1, -0.05) is 26.8 Å². The number of nitrogens with zero attached hydrogens (tertiary/aromatic N) is 5. The maximum absolute atomic E-state index is 14.3. The van der Waals surface area contributed by atoms with Crippen LogP contribution in [0.2, 0.25) is 0 Å². The Bertz CT molecular complexity index is 2160. The molecule has 4 aromatic rings. The quantitative estimate of drug-likeness (QED) is 0.239. The van der Waals surface area contributed by atoms with Gasteiger partial charge in [0, 0.05) is 72.7 Å². The maximum Gasteiger partial charge on any atom is 0.324 e. The van der Waals surface area contributed by atoms with Crippen LogP contribution in [0.1, 0.15) is 82.7 Å². The summed E-state index contributed by atoms with van der Waals surface area (Å²) in [6.45, 7) is 11.4. The van der Waals surface area contributed by atoms with Gasteiger partial charge in [0.1, 0.15) is 24.4 Å². The molecular weight excluding hydrogens is 747 g/mol. The number of methoxy groups -OCH3 is 1. The number of benzene rings is 1. The van der Waals surface area contributed by atoms with E-state index in [0.717, 1.165) is 44.7 Å². The molecule has 14 nitrogen and oxygen atoms in total. The molecule has 3 aliphatic heterocycles. The second kappa shape index (κ2) is 16.6. The van der Waals surface area contributed by atoms with Gasteiger partial charge in [-0.05, 0) is 69.4 Å². The molecule has 0 radical (unpaired) electrons. The van der Waals surface area contributed by atoms with Crippen molar-refractivity contribution in [3.63, 3.8) is 0 Å². The fourth-order valence-electron chi connectivity index (χ4n) is 8.15. The number of amides is 3. The van der Waals surface area contributed by atoms with E-state index < -0.39 is 47.6 Å². The van der Waals surface area contributed by atoms with Gasteiger partial charge in [-0.2, -0.15) is 0 Å². The SMILES string of the molecule is CC[C@H]1O[C@@H](C(=O)N[C@H]2Cc3nc(cs3)-c3ccc4c(c3)c(c(-c3cccnc3[C@H](C)OC)n4CC)CC(C)(C)COC(=O)[C@@H]3CCCN(N3)C2=O)CC(=O)N1C. The van der Waals surface area contributed by atoms with Crippen LogP contribution >= 0.6 is 11.3 Å². The zero-order valence-electron chi connectivity index (χ0n) is 33.8. The molecule has 1 aromatic carbocycles. The third-order valence-electron chi connectivity index (χ3n) is 11.3. The zero-order valence-corrected chi connectivity index (χ0v) is 34.6. The Balaban J connectivity index is 1.31. The van der Waals surface area contributed by atoms with Crippen LogP contribution in [0.3, 0.4) is 0 Å². The zero-order chi connectivity index (χ0) is 40.6. The number of hydrogen-bond donors (Lipinski definition) is 2. The number of rotatable bonds is 7. The van der Waals surface area contributed by atoms with E-state index in [2.05, 4.69) is 60.3 Å². The molecule has 304 valence electrons. The molecule has 2 fully saturated rings. The lowest BCUT2D eigenvalue weighted by molar-refractivity contribution is -0.177. The van der Waals surface area contributed by atoms with Crippen LogP contribution in [0.4, 0.5) is 0 Å². The van der Waals surface area contributed by atoms with Gasteiger partial charge in [-0.15, -0.1) is 11.3 Å². The third kappa shape index (κ3) is 8.20. The number of fused-ring (bicyclic) bond motifs is 6. The fourth-order valence-corrected chi connectivity index (χ4v) is 9.00.